The lowest BCUT2D eigenvalue weighted by Crippen LogP contribution is -2.03. The van der Waals surface area contributed by atoms with Crippen LogP contribution in [0.5, 0.6) is 0 Å². The Morgan fingerprint density at radius 1 is 1.46 bits per heavy atom. The largest absolute Gasteiger partial charge is 0.281 e. The van der Waals surface area contributed by atoms with Gasteiger partial charge in [0.1, 0.15) is 0 Å². The van der Waals surface area contributed by atoms with Crippen LogP contribution in [0.2, 0.25) is 5.02 Å². The average molecular weight is 217 g/mol. The first-order chi connectivity index (χ1) is 6.02. The van der Waals surface area contributed by atoms with Crippen molar-refractivity contribution in [3.63, 3.8) is 0 Å². The van der Waals surface area contributed by atoms with Crippen molar-refractivity contribution < 1.29 is 4.79 Å². The summed E-state index contributed by atoms with van der Waals surface area (Å²) in [5.41, 5.74) is 1.93. The number of hydrogen-bond acceptors (Lipinski definition) is 1. The topological polar surface area (TPSA) is 17.1 Å². The van der Waals surface area contributed by atoms with Gasteiger partial charge in [0.15, 0.2) is 0 Å². The van der Waals surface area contributed by atoms with Gasteiger partial charge in [-0.05, 0) is 41.8 Å². The zero-order chi connectivity index (χ0) is 10.0. The maximum atomic E-state index is 10.9. The summed E-state index contributed by atoms with van der Waals surface area (Å²) in [6.07, 6.45) is 0. The molecule has 0 fully saturated rings. The molecule has 0 aliphatic rings. The van der Waals surface area contributed by atoms with Crippen molar-refractivity contribution >= 4 is 28.4 Å². The monoisotopic (exact) mass is 216 g/mol. The maximum absolute atomic E-state index is 10.9. The number of rotatable bonds is 2. The summed E-state index contributed by atoms with van der Waals surface area (Å²) in [6.45, 7) is 3.70. The van der Waals surface area contributed by atoms with E-state index < -0.39 is 0 Å². The van der Waals surface area contributed by atoms with E-state index in [1.165, 1.54) is 0 Å². The fourth-order valence-corrected chi connectivity index (χ4v) is 1.50. The molecule has 0 saturated carbocycles. The van der Waals surface area contributed by atoms with Crippen LogP contribution in [0.1, 0.15) is 24.0 Å². The van der Waals surface area contributed by atoms with Crippen LogP contribution in [0, 0.1) is 6.92 Å². The van der Waals surface area contributed by atoms with Gasteiger partial charge in [0, 0.05) is 5.02 Å². The molecular weight excluding hydrogens is 207 g/mol. The lowest BCUT2D eigenvalue weighted by Gasteiger charge is -2.10. The van der Waals surface area contributed by atoms with Gasteiger partial charge in [-0.25, -0.2) is 0 Å². The Morgan fingerprint density at radius 2 is 2.08 bits per heavy atom. The van der Waals surface area contributed by atoms with Crippen LogP contribution in [-0.4, -0.2) is 5.24 Å². The first-order valence-electron chi connectivity index (χ1n) is 3.97. The number of hydrogen-bond donors (Lipinski definition) is 0. The third-order valence-corrected chi connectivity index (χ3v) is 2.61. The van der Waals surface area contributed by atoms with Crippen LogP contribution in [-0.2, 0) is 4.79 Å². The molecule has 1 rings (SSSR count). The molecule has 1 aromatic rings. The molecule has 0 heterocycles. The minimum absolute atomic E-state index is 0.291. The predicted molar refractivity (Wildman–Crippen MR) is 55.5 cm³/mol. The smallest absolute Gasteiger partial charge is 0.228 e. The molecule has 3 heteroatoms. The van der Waals surface area contributed by atoms with Crippen molar-refractivity contribution in [3.05, 3.63) is 34.3 Å². The van der Waals surface area contributed by atoms with Crippen LogP contribution >= 0.6 is 23.2 Å². The summed E-state index contributed by atoms with van der Waals surface area (Å²) in [6, 6.07) is 5.46. The van der Waals surface area contributed by atoms with Gasteiger partial charge >= 0.3 is 0 Å². The highest BCUT2D eigenvalue weighted by molar-refractivity contribution is 6.64. The molecule has 1 nitrogen and oxygen atoms in total. The number of benzene rings is 1. The molecule has 1 aromatic carbocycles. The Balaban J connectivity index is 3.12. The van der Waals surface area contributed by atoms with Crippen LogP contribution in [0.25, 0.3) is 0 Å². The molecule has 0 spiro atoms. The zero-order valence-electron chi connectivity index (χ0n) is 7.47. The molecule has 1 atom stereocenters. The summed E-state index contributed by atoms with van der Waals surface area (Å²) in [5, 5.41) is 0.274. The third kappa shape index (κ3) is 2.45. The van der Waals surface area contributed by atoms with E-state index in [9.17, 15) is 4.79 Å². The van der Waals surface area contributed by atoms with Gasteiger partial charge < -0.3 is 0 Å². The Hall–Kier alpha value is -0.530. The van der Waals surface area contributed by atoms with Crippen LogP contribution < -0.4 is 0 Å². The molecule has 0 bridgehead atoms. The SMILES string of the molecule is Cc1ccc(Cl)cc1C(C)C(=O)Cl. The number of carbonyl (C=O) groups excluding carboxylic acids is 1. The second-order valence-electron chi connectivity index (χ2n) is 3.03. The standard InChI is InChI=1S/C10H10Cl2O/c1-6-3-4-8(11)5-9(6)7(2)10(12)13/h3-5,7H,1-2H3. The van der Waals surface area contributed by atoms with Gasteiger partial charge in [0.2, 0.25) is 5.24 Å². The number of halogens is 2. The van der Waals surface area contributed by atoms with Crippen molar-refractivity contribution in [1.82, 2.24) is 0 Å². The second-order valence-corrected chi connectivity index (χ2v) is 3.84. The van der Waals surface area contributed by atoms with Crippen molar-refractivity contribution in [3.8, 4) is 0 Å². The summed E-state index contributed by atoms with van der Waals surface area (Å²) in [7, 11) is 0. The normalized spacial score (nSPS) is 12.6. The summed E-state index contributed by atoms with van der Waals surface area (Å²) < 4.78 is 0. The van der Waals surface area contributed by atoms with E-state index in [0.29, 0.717) is 5.02 Å². The van der Waals surface area contributed by atoms with E-state index in [0.717, 1.165) is 11.1 Å². The molecule has 13 heavy (non-hydrogen) atoms. The van der Waals surface area contributed by atoms with Gasteiger partial charge in [0.25, 0.3) is 0 Å². The molecule has 0 radical (unpaired) electrons. The second kappa shape index (κ2) is 4.12. The predicted octanol–water partition coefficient (Wildman–Crippen LogP) is 3.52. The van der Waals surface area contributed by atoms with E-state index in [1.54, 1.807) is 19.1 Å². The fourth-order valence-electron chi connectivity index (χ4n) is 1.20. The van der Waals surface area contributed by atoms with Crippen molar-refractivity contribution in [2.75, 3.05) is 0 Å². The maximum Gasteiger partial charge on any atom is 0.228 e. The Morgan fingerprint density at radius 3 is 2.62 bits per heavy atom. The van der Waals surface area contributed by atoms with Gasteiger partial charge in [-0.2, -0.15) is 0 Å². The lowest BCUT2D eigenvalue weighted by atomic mass is 9.98. The van der Waals surface area contributed by atoms with E-state index in [-0.39, 0.29) is 11.2 Å². The summed E-state index contributed by atoms with van der Waals surface area (Å²) in [4.78, 5) is 10.9. The summed E-state index contributed by atoms with van der Waals surface area (Å²) >= 11 is 11.2. The molecule has 0 amide bonds. The Bertz CT molecular complexity index is 334. The molecule has 0 saturated heterocycles. The molecule has 0 N–H and O–H groups in total. The average Bonchev–Trinajstić information content (AvgIpc) is 2.08. The Labute approximate surface area is 87.7 Å². The Kier molecular flexibility index (Phi) is 3.34. The minimum atomic E-state index is -0.356. The van der Waals surface area contributed by atoms with Crippen LogP contribution in [0.15, 0.2) is 18.2 Å². The fraction of sp³-hybridized carbons (Fsp3) is 0.300. The first-order valence-corrected chi connectivity index (χ1v) is 4.73. The van der Waals surface area contributed by atoms with Crippen molar-refractivity contribution in [2.24, 2.45) is 0 Å². The molecule has 0 aliphatic heterocycles. The molecular formula is C10H10Cl2O. The molecule has 0 aliphatic carbocycles. The van der Waals surface area contributed by atoms with E-state index in [2.05, 4.69) is 0 Å². The zero-order valence-corrected chi connectivity index (χ0v) is 8.99. The van der Waals surface area contributed by atoms with Gasteiger partial charge in [0.05, 0.1) is 5.92 Å². The number of carbonyl (C=O) groups is 1. The van der Waals surface area contributed by atoms with Crippen molar-refractivity contribution in [1.29, 1.82) is 0 Å². The van der Waals surface area contributed by atoms with E-state index in [4.69, 9.17) is 23.2 Å². The van der Waals surface area contributed by atoms with Gasteiger partial charge in [-0.3, -0.25) is 4.79 Å². The minimum Gasteiger partial charge on any atom is -0.281 e. The van der Waals surface area contributed by atoms with Gasteiger partial charge in [-0.1, -0.05) is 24.6 Å². The van der Waals surface area contributed by atoms with E-state index >= 15 is 0 Å². The lowest BCUT2D eigenvalue weighted by molar-refractivity contribution is -0.112. The third-order valence-electron chi connectivity index (χ3n) is 2.05. The number of aryl methyl sites for hydroxylation is 1. The summed E-state index contributed by atoms with van der Waals surface area (Å²) in [5.74, 6) is -0.291. The van der Waals surface area contributed by atoms with Gasteiger partial charge in [-0.15, -0.1) is 0 Å². The highest BCUT2D eigenvalue weighted by Gasteiger charge is 2.14. The highest BCUT2D eigenvalue weighted by atomic mass is 35.5. The van der Waals surface area contributed by atoms with Crippen LogP contribution in [0.3, 0.4) is 0 Å². The van der Waals surface area contributed by atoms with E-state index in [1.807, 2.05) is 13.0 Å². The highest BCUT2D eigenvalue weighted by Crippen LogP contribution is 2.24. The van der Waals surface area contributed by atoms with Crippen molar-refractivity contribution in [2.45, 2.75) is 19.8 Å². The van der Waals surface area contributed by atoms with Crippen LogP contribution in [0.4, 0.5) is 0 Å². The molecule has 1 unspecified atom stereocenters. The first kappa shape index (κ1) is 10.6. The molecule has 70 valence electrons. The molecule has 0 aromatic heterocycles. The quantitative estimate of drug-likeness (QED) is 0.692.